The van der Waals surface area contributed by atoms with E-state index in [1.807, 2.05) is 42.6 Å². The molecular weight excluding hydrogens is 374 g/mol. The highest BCUT2D eigenvalue weighted by Crippen LogP contribution is 2.32. The lowest BCUT2D eigenvalue weighted by Gasteiger charge is -2.23. The minimum atomic E-state index is -1.14. The molecule has 4 rings (SSSR count). The van der Waals surface area contributed by atoms with Crippen molar-refractivity contribution in [1.82, 2.24) is 15.5 Å². The average Bonchev–Trinajstić information content (AvgIpc) is 3.39. The third-order valence-corrected chi connectivity index (χ3v) is 6.66. The maximum Gasteiger partial charge on any atom is 0.325 e. The molecule has 2 unspecified atom stereocenters. The van der Waals surface area contributed by atoms with Crippen molar-refractivity contribution in [2.24, 2.45) is 0 Å². The monoisotopic (exact) mass is 397 g/mol. The lowest BCUT2D eigenvalue weighted by molar-refractivity contribution is -0.135. The third kappa shape index (κ3) is 3.20. The average molecular weight is 398 g/mol. The van der Waals surface area contributed by atoms with E-state index in [1.54, 1.807) is 18.3 Å². The number of nitrogens with one attached hydrogen (secondary N) is 2. The molecule has 28 heavy (non-hydrogen) atoms. The van der Waals surface area contributed by atoms with Crippen LogP contribution in [0.3, 0.4) is 0 Å². The van der Waals surface area contributed by atoms with Crippen molar-refractivity contribution in [2.75, 3.05) is 6.54 Å². The first-order valence-electron chi connectivity index (χ1n) is 9.47. The van der Waals surface area contributed by atoms with Crippen molar-refractivity contribution in [2.45, 2.75) is 44.7 Å². The van der Waals surface area contributed by atoms with Gasteiger partial charge < -0.3 is 10.6 Å². The van der Waals surface area contributed by atoms with E-state index >= 15 is 0 Å². The summed E-state index contributed by atoms with van der Waals surface area (Å²) in [6.45, 7) is 3.29. The SMILES string of the molecule is CC(NC(=O)CN1C(=O)NC(C)(c2ccc3c(c2)CCC3)C1=O)c1cccs1. The molecule has 1 saturated heterocycles. The second-order valence-corrected chi connectivity index (χ2v) is 8.57. The van der Waals surface area contributed by atoms with Gasteiger partial charge in [-0.2, -0.15) is 0 Å². The first-order chi connectivity index (χ1) is 13.4. The summed E-state index contributed by atoms with van der Waals surface area (Å²) in [5.41, 5.74) is 2.17. The van der Waals surface area contributed by atoms with Crippen molar-refractivity contribution in [1.29, 1.82) is 0 Å². The molecule has 1 fully saturated rings. The summed E-state index contributed by atoms with van der Waals surface area (Å²) in [6, 6.07) is 9.12. The highest BCUT2D eigenvalue weighted by Gasteiger charge is 2.49. The number of hydrogen-bond donors (Lipinski definition) is 2. The smallest absolute Gasteiger partial charge is 0.325 e. The van der Waals surface area contributed by atoms with E-state index in [9.17, 15) is 14.4 Å². The van der Waals surface area contributed by atoms with Crippen LogP contribution >= 0.6 is 11.3 Å². The zero-order valence-electron chi connectivity index (χ0n) is 16.0. The van der Waals surface area contributed by atoms with Gasteiger partial charge in [-0.1, -0.05) is 24.3 Å². The van der Waals surface area contributed by atoms with Crippen LogP contribution in [0.1, 0.15) is 47.9 Å². The molecule has 1 aromatic heterocycles. The minimum absolute atomic E-state index is 0.170. The first-order valence-corrected chi connectivity index (χ1v) is 10.4. The fraction of sp³-hybridized carbons (Fsp3) is 0.381. The number of nitrogens with zero attached hydrogens (tertiary/aromatic N) is 1. The predicted molar refractivity (Wildman–Crippen MR) is 107 cm³/mol. The second kappa shape index (κ2) is 7.05. The van der Waals surface area contributed by atoms with Gasteiger partial charge in [0.05, 0.1) is 6.04 Å². The Balaban J connectivity index is 1.48. The number of hydrogen-bond acceptors (Lipinski definition) is 4. The highest BCUT2D eigenvalue weighted by molar-refractivity contribution is 7.10. The van der Waals surface area contributed by atoms with Crippen LogP contribution in [0, 0.1) is 0 Å². The molecule has 146 valence electrons. The molecule has 1 aliphatic heterocycles. The lowest BCUT2D eigenvalue weighted by Crippen LogP contribution is -2.43. The molecule has 7 heteroatoms. The van der Waals surface area contributed by atoms with Crippen LogP contribution in [0.4, 0.5) is 4.79 Å². The van der Waals surface area contributed by atoms with E-state index in [0.717, 1.165) is 34.6 Å². The molecule has 1 aliphatic carbocycles. The Bertz CT molecular complexity index is 940. The van der Waals surface area contributed by atoms with Crippen LogP contribution in [0.15, 0.2) is 35.7 Å². The van der Waals surface area contributed by atoms with E-state index in [2.05, 4.69) is 10.6 Å². The van der Waals surface area contributed by atoms with Crippen molar-refractivity contribution < 1.29 is 14.4 Å². The van der Waals surface area contributed by atoms with Gasteiger partial charge in [0.1, 0.15) is 12.1 Å². The van der Waals surface area contributed by atoms with Gasteiger partial charge in [0.2, 0.25) is 5.91 Å². The molecular formula is C21H23N3O3S. The van der Waals surface area contributed by atoms with Crippen molar-refractivity contribution >= 4 is 29.2 Å². The molecule has 2 N–H and O–H groups in total. The highest BCUT2D eigenvalue weighted by atomic mass is 32.1. The van der Waals surface area contributed by atoms with E-state index < -0.39 is 17.5 Å². The molecule has 6 nitrogen and oxygen atoms in total. The van der Waals surface area contributed by atoms with Crippen LogP contribution in [-0.2, 0) is 28.0 Å². The molecule has 1 aromatic carbocycles. The molecule has 0 bridgehead atoms. The van der Waals surface area contributed by atoms with Crippen LogP contribution in [-0.4, -0.2) is 29.3 Å². The van der Waals surface area contributed by atoms with Gasteiger partial charge in [0.15, 0.2) is 0 Å². The number of urea groups is 1. The maximum atomic E-state index is 13.1. The lowest BCUT2D eigenvalue weighted by atomic mass is 9.89. The molecule has 2 atom stereocenters. The molecule has 0 spiro atoms. The Morgan fingerprint density at radius 2 is 2.07 bits per heavy atom. The fourth-order valence-corrected chi connectivity index (χ4v) is 4.69. The zero-order valence-corrected chi connectivity index (χ0v) is 16.8. The molecule has 2 heterocycles. The predicted octanol–water partition coefficient (Wildman–Crippen LogP) is 2.88. The first kappa shape index (κ1) is 18.7. The summed E-state index contributed by atoms with van der Waals surface area (Å²) in [7, 11) is 0. The van der Waals surface area contributed by atoms with E-state index in [1.165, 1.54) is 11.1 Å². The third-order valence-electron chi connectivity index (χ3n) is 5.60. The fourth-order valence-electron chi connectivity index (χ4n) is 3.96. The summed E-state index contributed by atoms with van der Waals surface area (Å²) in [5.74, 6) is -0.753. The van der Waals surface area contributed by atoms with E-state index in [4.69, 9.17) is 0 Å². The summed E-state index contributed by atoms with van der Waals surface area (Å²) in [5, 5.41) is 7.57. The molecule has 2 aromatic rings. The summed E-state index contributed by atoms with van der Waals surface area (Å²) in [4.78, 5) is 40.0. The van der Waals surface area contributed by atoms with Gasteiger partial charge in [0.25, 0.3) is 5.91 Å². The topological polar surface area (TPSA) is 78.5 Å². The number of thiophene rings is 1. The van der Waals surface area contributed by atoms with Crippen molar-refractivity contribution in [3.05, 3.63) is 57.3 Å². The van der Waals surface area contributed by atoms with Gasteiger partial charge in [-0.15, -0.1) is 11.3 Å². The van der Waals surface area contributed by atoms with Crippen LogP contribution in [0.5, 0.6) is 0 Å². The molecule has 0 radical (unpaired) electrons. The molecule has 4 amide bonds. The number of carbonyl (C=O) groups is 3. The number of amides is 4. The van der Waals surface area contributed by atoms with Crippen LogP contribution < -0.4 is 10.6 Å². The molecule has 2 aliphatic rings. The molecule has 0 saturated carbocycles. The van der Waals surface area contributed by atoms with E-state index in [0.29, 0.717) is 0 Å². The van der Waals surface area contributed by atoms with Gasteiger partial charge >= 0.3 is 6.03 Å². The second-order valence-electron chi connectivity index (χ2n) is 7.59. The maximum absolute atomic E-state index is 13.1. The number of rotatable bonds is 5. The Hall–Kier alpha value is -2.67. The number of benzene rings is 1. The van der Waals surface area contributed by atoms with Crippen LogP contribution in [0.2, 0.25) is 0 Å². The van der Waals surface area contributed by atoms with Crippen molar-refractivity contribution in [3.8, 4) is 0 Å². The van der Waals surface area contributed by atoms with E-state index in [-0.39, 0.29) is 18.5 Å². The van der Waals surface area contributed by atoms with Gasteiger partial charge in [0, 0.05) is 4.88 Å². The minimum Gasteiger partial charge on any atom is -0.347 e. The van der Waals surface area contributed by atoms with Gasteiger partial charge in [-0.05, 0) is 61.2 Å². The zero-order chi connectivity index (χ0) is 19.9. The summed E-state index contributed by atoms with van der Waals surface area (Å²) in [6.07, 6.45) is 3.17. The number of imide groups is 1. The summed E-state index contributed by atoms with van der Waals surface area (Å²) >= 11 is 1.55. The standard InChI is InChI=1S/C21H23N3O3S/c1-13(17-7-4-10-28-17)22-18(25)12-24-19(26)21(2,23-20(24)27)16-9-8-14-5-3-6-15(14)11-16/h4,7-11,13H,3,5-6,12H2,1-2H3,(H,22,25)(H,23,27). The number of fused-ring (bicyclic) bond motifs is 1. The Kier molecular flexibility index (Phi) is 4.71. The Labute approximate surface area is 167 Å². The normalized spacial score (nSPS) is 22.1. The van der Waals surface area contributed by atoms with Gasteiger partial charge in [-0.3, -0.25) is 14.5 Å². The Morgan fingerprint density at radius 3 is 2.82 bits per heavy atom. The quantitative estimate of drug-likeness (QED) is 0.762. The number of carbonyl (C=O) groups excluding carboxylic acids is 3. The largest absolute Gasteiger partial charge is 0.347 e. The van der Waals surface area contributed by atoms with Gasteiger partial charge in [-0.25, -0.2) is 4.79 Å². The van der Waals surface area contributed by atoms with Crippen molar-refractivity contribution in [3.63, 3.8) is 0 Å². The summed E-state index contributed by atoms with van der Waals surface area (Å²) < 4.78 is 0. The Morgan fingerprint density at radius 1 is 1.29 bits per heavy atom. The number of aryl methyl sites for hydroxylation is 2. The van der Waals surface area contributed by atoms with Crippen LogP contribution in [0.25, 0.3) is 0 Å².